The second-order valence-corrected chi connectivity index (χ2v) is 8.26. The number of hydrogen-bond acceptors (Lipinski definition) is 6. The summed E-state index contributed by atoms with van der Waals surface area (Å²) in [6.45, 7) is 5.45. The first-order chi connectivity index (χ1) is 14.2. The molecule has 0 bridgehead atoms. The predicted octanol–water partition coefficient (Wildman–Crippen LogP) is 4.33. The van der Waals surface area contributed by atoms with Crippen molar-refractivity contribution in [2.75, 3.05) is 14.1 Å². The summed E-state index contributed by atoms with van der Waals surface area (Å²) >= 11 is 0. The number of nitrogens with zero attached hydrogens (tertiary/aromatic N) is 3. The molecule has 7 nitrogen and oxygen atoms in total. The lowest BCUT2D eigenvalue weighted by Gasteiger charge is -2.22. The monoisotopic (exact) mass is 408 g/mol. The average Bonchev–Trinajstić information content (AvgIpc) is 3.15. The predicted molar refractivity (Wildman–Crippen MR) is 114 cm³/mol. The maximum atomic E-state index is 12.5. The van der Waals surface area contributed by atoms with Gasteiger partial charge in [0.15, 0.2) is 5.82 Å². The molecule has 0 saturated heterocycles. The van der Waals surface area contributed by atoms with Crippen molar-refractivity contribution in [1.82, 2.24) is 20.4 Å². The normalized spacial score (nSPS) is 13.7. The van der Waals surface area contributed by atoms with Crippen LogP contribution in [0.4, 0.5) is 4.79 Å². The molecular weight excluding hydrogens is 380 g/mol. The molecular formula is C23H28N4O3. The number of aromatic nitrogens is 2. The van der Waals surface area contributed by atoms with Gasteiger partial charge in [-0.3, -0.25) is 4.90 Å². The Labute approximate surface area is 177 Å². The van der Waals surface area contributed by atoms with Crippen molar-refractivity contribution in [2.24, 2.45) is 0 Å². The largest absolute Gasteiger partial charge is 0.444 e. The van der Waals surface area contributed by atoms with E-state index >= 15 is 0 Å². The number of alkyl carbamates (subject to hydrolysis) is 1. The Hall–Kier alpha value is -3.19. The van der Waals surface area contributed by atoms with Crippen molar-refractivity contribution < 1.29 is 14.1 Å². The highest BCUT2D eigenvalue weighted by Gasteiger charge is 2.29. The molecule has 2 aromatic carbocycles. The van der Waals surface area contributed by atoms with E-state index in [2.05, 4.69) is 15.5 Å². The zero-order valence-electron chi connectivity index (χ0n) is 18.0. The molecule has 0 unspecified atom stereocenters. The quantitative estimate of drug-likeness (QED) is 0.654. The number of hydrogen-bond donors (Lipinski definition) is 1. The van der Waals surface area contributed by atoms with Crippen molar-refractivity contribution >= 4 is 6.09 Å². The lowest BCUT2D eigenvalue weighted by molar-refractivity contribution is 0.0510. The highest BCUT2D eigenvalue weighted by Crippen LogP contribution is 2.28. The number of carbonyl (C=O) groups is 1. The Morgan fingerprint density at radius 3 is 2.10 bits per heavy atom. The van der Waals surface area contributed by atoms with Gasteiger partial charge >= 0.3 is 6.09 Å². The molecule has 0 fully saturated rings. The molecule has 0 saturated carbocycles. The number of amides is 1. The van der Waals surface area contributed by atoms with Crippen molar-refractivity contribution in [3.05, 3.63) is 83.5 Å². The molecule has 1 aromatic heterocycles. The van der Waals surface area contributed by atoms with E-state index < -0.39 is 17.7 Å². The molecule has 30 heavy (non-hydrogen) atoms. The van der Waals surface area contributed by atoms with Crippen LogP contribution in [-0.2, 0) is 4.74 Å². The van der Waals surface area contributed by atoms with Crippen LogP contribution < -0.4 is 5.32 Å². The van der Waals surface area contributed by atoms with Crippen LogP contribution in [0.25, 0.3) is 0 Å². The Morgan fingerprint density at radius 1 is 1.00 bits per heavy atom. The summed E-state index contributed by atoms with van der Waals surface area (Å²) < 4.78 is 11.1. The minimum atomic E-state index is -0.614. The van der Waals surface area contributed by atoms with Gasteiger partial charge in [-0.2, -0.15) is 4.98 Å². The lowest BCUT2D eigenvalue weighted by atomic mass is 10.1. The van der Waals surface area contributed by atoms with E-state index in [1.54, 1.807) is 0 Å². The molecule has 0 radical (unpaired) electrons. The molecule has 7 heteroatoms. The number of rotatable bonds is 6. The molecule has 0 aliphatic rings. The Bertz CT molecular complexity index is 949. The van der Waals surface area contributed by atoms with Gasteiger partial charge in [-0.15, -0.1) is 0 Å². The van der Waals surface area contributed by atoms with E-state index in [-0.39, 0.29) is 6.04 Å². The number of ether oxygens (including phenoxy) is 1. The standard InChI is InChI=1S/C23H28N4O3/c1-23(2,3)29-22(28)24-18(16-12-8-6-9-13-16)20-25-21(30-26-20)19(27(4)5)17-14-10-7-11-15-17/h6-15,18-19H,1-5H3,(H,24,28)/t18-,19-/m0/s1. The molecule has 1 N–H and O–H groups in total. The van der Waals surface area contributed by atoms with Gasteiger partial charge in [0, 0.05) is 0 Å². The van der Waals surface area contributed by atoms with Gasteiger partial charge in [-0.05, 0) is 46.0 Å². The molecule has 1 heterocycles. The van der Waals surface area contributed by atoms with Gasteiger partial charge in [0.2, 0.25) is 5.89 Å². The summed E-state index contributed by atoms with van der Waals surface area (Å²) in [4.78, 5) is 19.1. The van der Waals surface area contributed by atoms with Gasteiger partial charge in [0.05, 0.1) is 0 Å². The van der Waals surface area contributed by atoms with Gasteiger partial charge in [0.25, 0.3) is 0 Å². The maximum absolute atomic E-state index is 12.5. The summed E-state index contributed by atoms with van der Waals surface area (Å²) in [7, 11) is 3.91. The highest BCUT2D eigenvalue weighted by atomic mass is 16.6. The SMILES string of the molecule is CN(C)[C@@H](c1ccccc1)c1nc([C@@H](NC(=O)OC(C)(C)C)c2ccccc2)no1. The molecule has 1 amide bonds. The Morgan fingerprint density at radius 2 is 1.57 bits per heavy atom. The van der Waals surface area contributed by atoms with Crippen LogP contribution in [0.1, 0.15) is 55.7 Å². The molecule has 2 atom stereocenters. The second-order valence-electron chi connectivity index (χ2n) is 8.26. The zero-order chi connectivity index (χ0) is 21.7. The topological polar surface area (TPSA) is 80.5 Å². The Balaban J connectivity index is 1.93. The van der Waals surface area contributed by atoms with E-state index in [0.29, 0.717) is 11.7 Å². The summed E-state index contributed by atoms with van der Waals surface area (Å²) in [6, 6.07) is 18.6. The fraction of sp³-hybridized carbons (Fsp3) is 0.348. The van der Waals surface area contributed by atoms with Crippen LogP contribution in [0.2, 0.25) is 0 Å². The summed E-state index contributed by atoms with van der Waals surface area (Å²) in [5.41, 5.74) is 1.25. The minimum Gasteiger partial charge on any atom is -0.444 e. The maximum Gasteiger partial charge on any atom is 0.408 e. The van der Waals surface area contributed by atoms with Crippen LogP contribution in [0.15, 0.2) is 65.2 Å². The Kier molecular flexibility index (Phi) is 6.52. The van der Waals surface area contributed by atoms with Gasteiger partial charge < -0.3 is 14.6 Å². The summed E-state index contributed by atoms with van der Waals surface area (Å²) in [5.74, 6) is 0.818. The minimum absolute atomic E-state index is 0.203. The van der Waals surface area contributed by atoms with Crippen molar-refractivity contribution in [2.45, 2.75) is 38.5 Å². The van der Waals surface area contributed by atoms with Crippen molar-refractivity contribution in [1.29, 1.82) is 0 Å². The highest BCUT2D eigenvalue weighted by molar-refractivity contribution is 5.69. The molecule has 0 aliphatic carbocycles. The van der Waals surface area contributed by atoms with Crippen LogP contribution in [0.5, 0.6) is 0 Å². The van der Waals surface area contributed by atoms with Crippen molar-refractivity contribution in [3.63, 3.8) is 0 Å². The van der Waals surface area contributed by atoms with E-state index in [1.807, 2.05) is 100 Å². The van der Waals surface area contributed by atoms with E-state index in [0.717, 1.165) is 11.1 Å². The fourth-order valence-electron chi connectivity index (χ4n) is 3.14. The zero-order valence-corrected chi connectivity index (χ0v) is 18.0. The molecule has 0 aliphatic heterocycles. The van der Waals surface area contributed by atoms with E-state index in [1.165, 1.54) is 0 Å². The first-order valence-electron chi connectivity index (χ1n) is 9.84. The third-order valence-corrected chi connectivity index (χ3v) is 4.38. The lowest BCUT2D eigenvalue weighted by Crippen LogP contribution is -2.35. The van der Waals surface area contributed by atoms with E-state index in [9.17, 15) is 4.79 Å². The molecule has 3 aromatic rings. The van der Waals surface area contributed by atoms with Crippen molar-refractivity contribution in [3.8, 4) is 0 Å². The van der Waals surface area contributed by atoms with Crippen LogP contribution in [0, 0.1) is 0 Å². The van der Waals surface area contributed by atoms with Crippen LogP contribution in [-0.4, -0.2) is 40.8 Å². The first-order valence-corrected chi connectivity index (χ1v) is 9.84. The summed E-state index contributed by atoms with van der Waals surface area (Å²) in [5, 5.41) is 7.06. The number of nitrogens with one attached hydrogen (secondary N) is 1. The molecule has 3 rings (SSSR count). The van der Waals surface area contributed by atoms with E-state index in [4.69, 9.17) is 9.26 Å². The van der Waals surface area contributed by atoms with Crippen LogP contribution >= 0.6 is 0 Å². The third-order valence-electron chi connectivity index (χ3n) is 4.38. The van der Waals surface area contributed by atoms with Gasteiger partial charge in [0.1, 0.15) is 17.7 Å². The number of carbonyl (C=O) groups excluding carboxylic acids is 1. The summed E-state index contributed by atoms with van der Waals surface area (Å²) in [6.07, 6.45) is -0.546. The third kappa shape index (κ3) is 5.45. The first kappa shape index (κ1) is 21.5. The molecule has 158 valence electrons. The van der Waals surface area contributed by atoms with Crippen LogP contribution in [0.3, 0.4) is 0 Å². The second kappa shape index (κ2) is 9.09. The number of benzene rings is 2. The van der Waals surface area contributed by atoms with Gasteiger partial charge in [-0.25, -0.2) is 4.79 Å². The molecule has 0 spiro atoms. The fourth-order valence-corrected chi connectivity index (χ4v) is 3.14. The smallest absolute Gasteiger partial charge is 0.408 e. The van der Waals surface area contributed by atoms with Gasteiger partial charge in [-0.1, -0.05) is 65.8 Å². The average molecular weight is 409 g/mol.